The zero-order valence-electron chi connectivity index (χ0n) is 34.5. The fourth-order valence-electron chi connectivity index (χ4n) is 4.81. The summed E-state index contributed by atoms with van der Waals surface area (Å²) in [5.74, 6) is -0.647. The van der Waals surface area contributed by atoms with Gasteiger partial charge in [-0.2, -0.15) is 13.2 Å². The first-order valence-electron chi connectivity index (χ1n) is 18.3. The molecule has 5 aromatic carbocycles. The second kappa shape index (κ2) is 28.4. The van der Waals surface area contributed by atoms with E-state index in [4.69, 9.17) is 26.3 Å². The molecular formula is C43H50Br3ClF3N3O7S2. The molecule has 0 bridgehead atoms. The molecule has 0 saturated heterocycles. The van der Waals surface area contributed by atoms with Crippen molar-refractivity contribution in [1.29, 1.82) is 0 Å². The Labute approximate surface area is 392 Å². The lowest BCUT2D eigenvalue weighted by molar-refractivity contribution is -0.138. The highest BCUT2D eigenvalue weighted by molar-refractivity contribution is 9.11. The number of carbonyl (C=O) groups is 2. The molecule has 0 aliphatic heterocycles. The van der Waals surface area contributed by atoms with Crippen LogP contribution >= 0.6 is 58.5 Å². The predicted octanol–water partition coefficient (Wildman–Crippen LogP) is 13.0. The molecule has 340 valence electrons. The van der Waals surface area contributed by atoms with Crippen molar-refractivity contribution in [1.82, 2.24) is 10.9 Å². The molecule has 5 aromatic rings. The van der Waals surface area contributed by atoms with Crippen molar-refractivity contribution >= 4 is 89.3 Å². The van der Waals surface area contributed by atoms with Gasteiger partial charge in [-0.15, -0.1) is 0 Å². The van der Waals surface area contributed by atoms with Crippen LogP contribution in [0.15, 0.2) is 145 Å². The van der Waals surface area contributed by atoms with E-state index in [9.17, 15) is 34.8 Å². The maximum Gasteiger partial charge on any atom is 0.416 e. The van der Waals surface area contributed by atoms with E-state index >= 15 is 0 Å². The van der Waals surface area contributed by atoms with Crippen LogP contribution < -0.4 is 16.6 Å². The Morgan fingerprint density at radius 3 is 1.65 bits per heavy atom. The van der Waals surface area contributed by atoms with Crippen molar-refractivity contribution in [2.24, 2.45) is 5.73 Å². The van der Waals surface area contributed by atoms with E-state index in [1.54, 1.807) is 18.2 Å². The summed E-state index contributed by atoms with van der Waals surface area (Å²) < 4.78 is 88.5. The van der Waals surface area contributed by atoms with Crippen LogP contribution in [0.5, 0.6) is 0 Å². The Balaban J connectivity index is 0.000000800. The molecule has 0 radical (unpaired) electrons. The van der Waals surface area contributed by atoms with Gasteiger partial charge in [0.25, 0.3) is 15.0 Å². The molecule has 5 rings (SSSR count). The summed E-state index contributed by atoms with van der Waals surface area (Å²) in [4.78, 5) is 19.9. The fourth-order valence-corrected chi connectivity index (χ4v) is 8.25. The minimum Gasteiger partial charge on any atom is -0.481 e. The quantitative estimate of drug-likeness (QED) is 0.0777. The lowest BCUT2D eigenvalue weighted by Crippen LogP contribution is -2.28. The van der Waals surface area contributed by atoms with E-state index in [0.29, 0.717) is 23.8 Å². The Hall–Kier alpha value is -3.46. The third-order valence-electron chi connectivity index (χ3n) is 7.88. The number of hydrogen-bond acceptors (Lipinski definition) is 8. The number of nitrogens with one attached hydrogen (secondary N) is 1. The lowest BCUT2D eigenvalue weighted by Gasteiger charge is -2.18. The number of halogens is 7. The third kappa shape index (κ3) is 22.8. The molecule has 0 saturated carbocycles. The Morgan fingerprint density at radius 2 is 1.19 bits per heavy atom. The van der Waals surface area contributed by atoms with Crippen molar-refractivity contribution in [3.63, 3.8) is 0 Å². The molecule has 62 heavy (non-hydrogen) atoms. The number of aryl methyl sites for hydroxylation is 1. The van der Waals surface area contributed by atoms with Gasteiger partial charge in [-0.25, -0.2) is 21.6 Å². The molecule has 7 N–H and O–H groups in total. The second-order valence-corrected chi connectivity index (χ2v) is 19.8. The van der Waals surface area contributed by atoms with E-state index in [2.05, 4.69) is 71.6 Å². The van der Waals surface area contributed by atoms with E-state index in [1.807, 2.05) is 87.5 Å². The highest BCUT2D eigenvalue weighted by Crippen LogP contribution is 2.31. The maximum atomic E-state index is 12.5. The largest absolute Gasteiger partial charge is 0.481 e. The SMILES string of the molecule is CC(=O)O.CCC(=O)c1cccc(Br)c1.CCC(N)c1cccc(Br)c1.CCC(NS(=O)(=O)c1cccc(C)c1)c1cccc(Br)c1.N.O=S(=O)(Cl)c1cccc(C(F)(F)F)c1. The summed E-state index contributed by atoms with van der Waals surface area (Å²) in [5.41, 5.74) is 8.65. The summed E-state index contributed by atoms with van der Waals surface area (Å²) in [6.45, 7) is 8.88. The highest BCUT2D eigenvalue weighted by Gasteiger charge is 2.31. The molecule has 0 aliphatic rings. The smallest absolute Gasteiger partial charge is 0.416 e. The molecule has 2 atom stereocenters. The van der Waals surface area contributed by atoms with Crippen molar-refractivity contribution in [2.75, 3.05) is 0 Å². The number of aliphatic carboxylic acids is 1. The summed E-state index contributed by atoms with van der Waals surface area (Å²) in [5, 5.41) is 7.42. The van der Waals surface area contributed by atoms with Crippen LogP contribution in [0.2, 0.25) is 0 Å². The first kappa shape index (κ1) is 58.5. The van der Waals surface area contributed by atoms with E-state index in [0.717, 1.165) is 61.7 Å². The molecule has 19 heteroatoms. The number of hydrogen-bond donors (Lipinski definition) is 4. The molecule has 0 amide bonds. The van der Waals surface area contributed by atoms with E-state index in [1.165, 1.54) is 5.56 Å². The van der Waals surface area contributed by atoms with Gasteiger partial charge in [0.2, 0.25) is 10.0 Å². The van der Waals surface area contributed by atoms with Crippen LogP contribution in [0.4, 0.5) is 13.2 Å². The van der Waals surface area contributed by atoms with Crippen molar-refractivity contribution < 1.29 is 44.7 Å². The van der Waals surface area contributed by atoms with Gasteiger partial charge in [-0.3, -0.25) is 9.59 Å². The molecule has 2 unspecified atom stereocenters. The van der Waals surface area contributed by atoms with Gasteiger partial charge < -0.3 is 17.0 Å². The van der Waals surface area contributed by atoms with Crippen LogP contribution in [-0.2, 0) is 30.0 Å². The number of Topliss-reactive ketones (excluding diaryl/α,β-unsaturated/α-hetero) is 1. The monoisotopic (exact) mass is 1110 g/mol. The number of sulfonamides is 1. The minimum atomic E-state index is -4.57. The van der Waals surface area contributed by atoms with Crippen LogP contribution in [0, 0.1) is 6.92 Å². The number of carboxylic acid groups (broad SMARTS) is 1. The number of nitrogens with two attached hydrogens (primary N) is 1. The normalized spacial score (nSPS) is 11.8. The van der Waals surface area contributed by atoms with Gasteiger partial charge in [0, 0.05) is 55.1 Å². The van der Waals surface area contributed by atoms with Crippen molar-refractivity contribution in [3.05, 3.63) is 163 Å². The molecular weight excluding hydrogens is 1070 g/mol. The van der Waals surface area contributed by atoms with Gasteiger partial charge in [-0.05, 0) is 103 Å². The summed E-state index contributed by atoms with van der Waals surface area (Å²) >= 11 is 10.1. The second-order valence-electron chi connectivity index (χ2n) is 12.8. The van der Waals surface area contributed by atoms with Crippen LogP contribution in [0.1, 0.15) is 91.7 Å². The van der Waals surface area contributed by atoms with Gasteiger partial charge in [-0.1, -0.05) is 123 Å². The highest BCUT2D eigenvalue weighted by atomic mass is 79.9. The number of carbonyl (C=O) groups excluding carboxylic acids is 1. The average Bonchev–Trinajstić information content (AvgIpc) is 3.19. The molecule has 0 aliphatic carbocycles. The number of alkyl halides is 3. The predicted molar refractivity (Wildman–Crippen MR) is 252 cm³/mol. The zero-order chi connectivity index (χ0) is 46.6. The summed E-state index contributed by atoms with van der Waals surface area (Å²) in [6.07, 6.45) is -2.34. The summed E-state index contributed by atoms with van der Waals surface area (Å²) in [6, 6.07) is 33.4. The summed E-state index contributed by atoms with van der Waals surface area (Å²) in [7, 11) is -2.75. The fraction of sp³-hybridized carbons (Fsp3) is 0.256. The molecule has 10 nitrogen and oxygen atoms in total. The Kier molecular flexibility index (Phi) is 26.8. The number of benzene rings is 5. The van der Waals surface area contributed by atoms with Crippen molar-refractivity contribution in [2.45, 2.75) is 81.9 Å². The molecule has 0 aromatic heterocycles. The molecule has 0 fully saturated rings. The van der Waals surface area contributed by atoms with Crippen molar-refractivity contribution in [3.8, 4) is 0 Å². The van der Waals surface area contributed by atoms with Crippen LogP contribution in [-0.4, -0.2) is 33.7 Å². The number of carboxylic acids is 1. The van der Waals surface area contributed by atoms with Crippen LogP contribution in [0.25, 0.3) is 0 Å². The molecule has 0 spiro atoms. The van der Waals surface area contributed by atoms with E-state index < -0.39 is 41.7 Å². The third-order valence-corrected chi connectivity index (χ3v) is 12.2. The van der Waals surface area contributed by atoms with Gasteiger partial charge in [0.15, 0.2) is 5.78 Å². The average molecular weight is 1120 g/mol. The maximum absolute atomic E-state index is 12.5. The molecule has 0 heterocycles. The van der Waals surface area contributed by atoms with Gasteiger partial charge >= 0.3 is 6.18 Å². The number of ketones is 1. The zero-order valence-corrected chi connectivity index (χ0v) is 41.6. The minimum absolute atomic E-state index is 0. The first-order valence-corrected chi connectivity index (χ1v) is 24.5. The lowest BCUT2D eigenvalue weighted by atomic mass is 10.1. The van der Waals surface area contributed by atoms with Crippen LogP contribution in [0.3, 0.4) is 0 Å². The van der Waals surface area contributed by atoms with Gasteiger partial charge in [0.05, 0.1) is 15.4 Å². The standard InChI is InChI=1S/C16H18BrNO2S.C9H12BrN.C9H9BrO.C7H4ClF3O2S.C2H4O2.H3N/c1-3-16(13-7-5-8-14(17)11-13)18-21(19,20)15-9-4-6-12(2)10-15;2*1-2-9(11)7-4-3-5-8(10)6-7;8-14(12,13)6-3-1-2-5(4-6)7(9,10)11;1-2(3)4;/h4-11,16,18H,3H2,1-2H3;3-6,9H,2,11H2,1H3;3-6H,2H2,1H3;1-4H;1H3,(H,3,4);1H3. The van der Waals surface area contributed by atoms with Gasteiger partial charge in [0.1, 0.15) is 0 Å². The number of rotatable bonds is 10. The topological polar surface area (TPSA) is 196 Å². The Bertz CT molecular complexity index is 2410. The first-order chi connectivity index (χ1) is 28.3. The van der Waals surface area contributed by atoms with E-state index in [-0.39, 0.29) is 24.0 Å². The Morgan fingerprint density at radius 1 is 0.726 bits per heavy atom.